The number of nitrogens with zero attached hydrogens (tertiary/aromatic N) is 1. The van der Waals surface area contributed by atoms with Gasteiger partial charge >= 0.3 is 0 Å². The fraction of sp³-hybridized carbons (Fsp3) is 0.316. The number of anilines is 1. The monoisotopic (exact) mass is 327 g/mol. The minimum atomic E-state index is -0.00151. The molecule has 0 saturated carbocycles. The summed E-state index contributed by atoms with van der Waals surface area (Å²) in [6.07, 6.45) is 0.949. The predicted octanol–water partition coefficient (Wildman–Crippen LogP) is 2.96. The van der Waals surface area contributed by atoms with Crippen molar-refractivity contribution in [2.75, 3.05) is 39.0 Å². The van der Waals surface area contributed by atoms with Crippen molar-refractivity contribution in [1.29, 1.82) is 0 Å². The molecule has 2 aromatic rings. The average molecular weight is 327 g/mol. The molecule has 0 radical (unpaired) electrons. The van der Waals surface area contributed by atoms with Gasteiger partial charge in [-0.25, -0.2) is 0 Å². The Bertz CT molecular complexity index is 612. The van der Waals surface area contributed by atoms with Gasteiger partial charge in [-0.3, -0.25) is 4.79 Å². The molecule has 2 aromatic carbocycles. The van der Waals surface area contributed by atoms with Gasteiger partial charge in [-0.2, -0.15) is 0 Å². The zero-order chi connectivity index (χ0) is 17.2. The molecule has 0 aliphatic rings. The molecule has 5 heteroatoms. The summed E-state index contributed by atoms with van der Waals surface area (Å²) in [5.41, 5.74) is 0.888. The van der Waals surface area contributed by atoms with E-state index in [0.29, 0.717) is 6.54 Å². The van der Waals surface area contributed by atoms with Gasteiger partial charge in [0.2, 0.25) is 5.91 Å². The Kier molecular flexibility index (Phi) is 7.11. The summed E-state index contributed by atoms with van der Waals surface area (Å²) in [6, 6.07) is 17.2. The highest BCUT2D eigenvalue weighted by molar-refractivity contribution is 5.80. The normalized spacial score (nSPS) is 10.5. The first-order valence-electron chi connectivity index (χ1n) is 8.12. The Morgan fingerprint density at radius 1 is 1.00 bits per heavy atom. The second kappa shape index (κ2) is 9.57. The summed E-state index contributed by atoms with van der Waals surface area (Å²) in [5.74, 6) is 1.56. The van der Waals surface area contributed by atoms with Gasteiger partial charge < -0.3 is 20.3 Å². The molecule has 128 valence electrons. The van der Waals surface area contributed by atoms with E-state index in [2.05, 4.69) is 15.5 Å². The Morgan fingerprint density at radius 3 is 2.33 bits per heavy atom. The van der Waals surface area contributed by atoms with Crippen molar-refractivity contribution in [1.82, 2.24) is 10.2 Å². The van der Waals surface area contributed by atoms with Crippen LogP contribution in [0.15, 0.2) is 54.6 Å². The van der Waals surface area contributed by atoms with Crippen LogP contribution in [0.2, 0.25) is 0 Å². The lowest BCUT2D eigenvalue weighted by Crippen LogP contribution is -2.31. The molecule has 1 amide bonds. The van der Waals surface area contributed by atoms with Gasteiger partial charge in [-0.05, 0) is 63.5 Å². The van der Waals surface area contributed by atoms with E-state index in [1.807, 2.05) is 68.7 Å². The van der Waals surface area contributed by atoms with Crippen LogP contribution in [0.1, 0.15) is 6.42 Å². The Labute approximate surface area is 143 Å². The first kappa shape index (κ1) is 17.8. The SMILES string of the molecule is CN(C)CCCNC(=O)CNc1ccc(Oc2ccccc2)cc1. The number of benzene rings is 2. The van der Waals surface area contributed by atoms with Crippen LogP contribution in [0.5, 0.6) is 11.5 Å². The standard InChI is InChI=1S/C19H25N3O2/c1-22(2)14-6-13-20-19(23)15-21-16-9-11-18(12-10-16)24-17-7-4-3-5-8-17/h3-5,7-12,21H,6,13-15H2,1-2H3,(H,20,23). The lowest BCUT2D eigenvalue weighted by molar-refractivity contribution is -0.119. The summed E-state index contributed by atoms with van der Waals surface area (Å²) < 4.78 is 5.73. The van der Waals surface area contributed by atoms with Crippen LogP contribution in [-0.2, 0) is 4.79 Å². The van der Waals surface area contributed by atoms with Crippen LogP contribution in [0.4, 0.5) is 5.69 Å². The molecule has 0 saturated heterocycles. The third kappa shape index (κ3) is 6.71. The Morgan fingerprint density at radius 2 is 1.67 bits per heavy atom. The van der Waals surface area contributed by atoms with Gasteiger partial charge in [0, 0.05) is 12.2 Å². The highest BCUT2D eigenvalue weighted by Gasteiger charge is 2.02. The summed E-state index contributed by atoms with van der Waals surface area (Å²) >= 11 is 0. The van der Waals surface area contributed by atoms with Crippen LogP contribution in [0.25, 0.3) is 0 Å². The zero-order valence-corrected chi connectivity index (χ0v) is 14.3. The summed E-state index contributed by atoms with van der Waals surface area (Å²) in [4.78, 5) is 13.9. The maximum Gasteiger partial charge on any atom is 0.239 e. The van der Waals surface area contributed by atoms with E-state index in [4.69, 9.17) is 4.74 Å². The van der Waals surface area contributed by atoms with Gasteiger partial charge in [0.05, 0.1) is 6.54 Å². The number of ether oxygens (including phenoxy) is 1. The van der Waals surface area contributed by atoms with Gasteiger partial charge in [0.25, 0.3) is 0 Å². The van der Waals surface area contributed by atoms with E-state index in [0.717, 1.165) is 30.2 Å². The molecule has 2 N–H and O–H groups in total. The largest absolute Gasteiger partial charge is 0.457 e. The van der Waals surface area contributed by atoms with Crippen molar-refractivity contribution in [3.05, 3.63) is 54.6 Å². The number of para-hydroxylation sites is 1. The highest BCUT2D eigenvalue weighted by atomic mass is 16.5. The fourth-order valence-electron chi connectivity index (χ4n) is 2.13. The molecule has 0 spiro atoms. The molecule has 24 heavy (non-hydrogen) atoms. The van der Waals surface area contributed by atoms with Crippen LogP contribution in [0.3, 0.4) is 0 Å². The number of hydrogen-bond acceptors (Lipinski definition) is 4. The van der Waals surface area contributed by atoms with Crippen molar-refractivity contribution in [3.63, 3.8) is 0 Å². The first-order chi connectivity index (χ1) is 11.6. The topological polar surface area (TPSA) is 53.6 Å². The molecular formula is C19H25N3O2. The molecule has 0 heterocycles. The predicted molar refractivity (Wildman–Crippen MR) is 97.6 cm³/mol. The fourth-order valence-corrected chi connectivity index (χ4v) is 2.13. The number of carbonyl (C=O) groups excluding carboxylic acids is 1. The molecule has 0 atom stereocenters. The maximum atomic E-state index is 11.8. The first-order valence-corrected chi connectivity index (χ1v) is 8.12. The molecule has 5 nitrogen and oxygen atoms in total. The number of hydrogen-bond donors (Lipinski definition) is 2. The number of amides is 1. The van der Waals surface area contributed by atoms with Crippen molar-refractivity contribution in [2.45, 2.75) is 6.42 Å². The lowest BCUT2D eigenvalue weighted by Gasteiger charge is -2.11. The van der Waals surface area contributed by atoms with Gasteiger partial charge in [0.15, 0.2) is 0 Å². The Balaban J connectivity index is 1.71. The van der Waals surface area contributed by atoms with Crippen LogP contribution < -0.4 is 15.4 Å². The second-order valence-corrected chi connectivity index (χ2v) is 5.80. The van der Waals surface area contributed by atoms with Crippen LogP contribution >= 0.6 is 0 Å². The van der Waals surface area contributed by atoms with E-state index >= 15 is 0 Å². The molecule has 0 fully saturated rings. The summed E-state index contributed by atoms with van der Waals surface area (Å²) in [6.45, 7) is 1.93. The van der Waals surface area contributed by atoms with E-state index < -0.39 is 0 Å². The van der Waals surface area contributed by atoms with Crippen LogP contribution in [-0.4, -0.2) is 44.5 Å². The Hall–Kier alpha value is -2.53. The minimum Gasteiger partial charge on any atom is -0.457 e. The zero-order valence-electron chi connectivity index (χ0n) is 14.3. The second-order valence-electron chi connectivity index (χ2n) is 5.80. The van der Waals surface area contributed by atoms with Gasteiger partial charge in [-0.1, -0.05) is 18.2 Å². The van der Waals surface area contributed by atoms with E-state index in [1.165, 1.54) is 0 Å². The van der Waals surface area contributed by atoms with Crippen molar-refractivity contribution in [3.8, 4) is 11.5 Å². The highest BCUT2D eigenvalue weighted by Crippen LogP contribution is 2.22. The minimum absolute atomic E-state index is 0.00151. The summed E-state index contributed by atoms with van der Waals surface area (Å²) in [7, 11) is 4.04. The smallest absolute Gasteiger partial charge is 0.239 e. The number of nitrogens with one attached hydrogen (secondary N) is 2. The third-order valence-corrected chi connectivity index (χ3v) is 3.39. The average Bonchev–Trinajstić information content (AvgIpc) is 2.59. The molecule has 0 unspecified atom stereocenters. The maximum absolute atomic E-state index is 11.8. The van der Waals surface area contributed by atoms with Crippen molar-refractivity contribution >= 4 is 11.6 Å². The number of carbonyl (C=O) groups is 1. The van der Waals surface area contributed by atoms with E-state index in [1.54, 1.807) is 0 Å². The third-order valence-electron chi connectivity index (χ3n) is 3.39. The lowest BCUT2D eigenvalue weighted by atomic mass is 10.3. The van der Waals surface area contributed by atoms with Crippen molar-refractivity contribution < 1.29 is 9.53 Å². The number of rotatable bonds is 9. The molecule has 2 rings (SSSR count). The van der Waals surface area contributed by atoms with E-state index in [9.17, 15) is 4.79 Å². The van der Waals surface area contributed by atoms with E-state index in [-0.39, 0.29) is 12.5 Å². The molecule has 0 aliphatic carbocycles. The molecular weight excluding hydrogens is 302 g/mol. The van der Waals surface area contributed by atoms with Gasteiger partial charge in [-0.15, -0.1) is 0 Å². The van der Waals surface area contributed by atoms with Gasteiger partial charge in [0.1, 0.15) is 11.5 Å². The molecule has 0 bridgehead atoms. The molecule has 0 aromatic heterocycles. The molecule has 0 aliphatic heterocycles. The summed E-state index contributed by atoms with van der Waals surface area (Å²) in [5, 5.41) is 6.01. The van der Waals surface area contributed by atoms with Crippen molar-refractivity contribution in [2.24, 2.45) is 0 Å². The van der Waals surface area contributed by atoms with Crippen LogP contribution in [0, 0.1) is 0 Å². The quantitative estimate of drug-likeness (QED) is 0.695.